The third kappa shape index (κ3) is 2.26. The molecule has 3 atom stereocenters. The maximum atomic E-state index is 13.1. The van der Waals surface area contributed by atoms with Crippen molar-refractivity contribution in [1.29, 1.82) is 0 Å². The Balaban J connectivity index is 1.99. The summed E-state index contributed by atoms with van der Waals surface area (Å²) in [7, 11) is 0. The Morgan fingerprint density at radius 1 is 1.25 bits per heavy atom. The lowest BCUT2D eigenvalue weighted by Crippen LogP contribution is -2.14. The zero-order valence-electron chi connectivity index (χ0n) is 10.7. The zero-order valence-corrected chi connectivity index (χ0v) is 10.7. The topological polar surface area (TPSA) is 74.8 Å². The summed E-state index contributed by atoms with van der Waals surface area (Å²) in [5, 5.41) is 7.89. The minimum atomic E-state index is -0.273. The summed E-state index contributed by atoms with van der Waals surface area (Å²) < 4.78 is 18.0. The highest BCUT2D eigenvalue weighted by Gasteiger charge is 2.38. The van der Waals surface area contributed by atoms with Crippen LogP contribution in [0.1, 0.15) is 35.9 Å². The third-order valence-corrected chi connectivity index (χ3v) is 3.91. The van der Waals surface area contributed by atoms with Crippen LogP contribution in [-0.4, -0.2) is 11.2 Å². The average Bonchev–Trinajstić information content (AvgIpc) is 3.09. The normalized spacial score (nSPS) is 25.4. The van der Waals surface area contributed by atoms with Gasteiger partial charge in [-0.1, -0.05) is 22.4 Å². The molecular weight excluding hydrogens is 259 g/mol. The van der Waals surface area contributed by atoms with Crippen molar-refractivity contribution in [3.05, 3.63) is 64.1 Å². The van der Waals surface area contributed by atoms with Gasteiger partial charge in [0.1, 0.15) is 12.1 Å². The molecule has 0 N–H and O–H groups in total. The third-order valence-electron chi connectivity index (χ3n) is 3.91. The predicted molar refractivity (Wildman–Crippen MR) is 70.6 cm³/mol. The molecule has 3 rings (SSSR count). The first-order valence-electron chi connectivity index (χ1n) is 6.49. The van der Waals surface area contributed by atoms with Crippen LogP contribution in [0.2, 0.25) is 0 Å². The van der Waals surface area contributed by atoms with E-state index in [9.17, 15) is 4.39 Å². The monoisotopic (exact) mass is 272 g/mol. The smallest absolute Gasteiger partial charge is 0.124 e. The quantitative estimate of drug-likeness (QED) is 0.478. The van der Waals surface area contributed by atoms with Crippen LogP contribution >= 0.6 is 0 Å². The lowest BCUT2D eigenvalue weighted by molar-refractivity contribution is 0.400. The second kappa shape index (κ2) is 5.35. The molecule has 0 saturated heterocycles. The van der Waals surface area contributed by atoms with Gasteiger partial charge in [-0.05, 0) is 36.1 Å². The highest BCUT2D eigenvalue weighted by Crippen LogP contribution is 2.47. The number of hydrogen-bond donors (Lipinski definition) is 0. The molecule has 0 aliphatic heterocycles. The van der Waals surface area contributed by atoms with E-state index in [0.717, 1.165) is 24.1 Å². The highest BCUT2D eigenvalue weighted by atomic mass is 19.1. The van der Waals surface area contributed by atoms with E-state index in [-0.39, 0.29) is 23.7 Å². The van der Waals surface area contributed by atoms with Gasteiger partial charge in [0.25, 0.3) is 0 Å². The minimum absolute atomic E-state index is 0.0107. The molecule has 2 aromatic rings. The van der Waals surface area contributed by atoms with E-state index in [1.165, 1.54) is 18.4 Å². The number of halogens is 1. The largest absolute Gasteiger partial charge is 0.365 e. The van der Waals surface area contributed by atoms with Crippen LogP contribution in [0.25, 0.3) is 10.4 Å². The predicted octanol–water partition coefficient (Wildman–Crippen LogP) is 4.15. The minimum Gasteiger partial charge on any atom is -0.365 e. The average molecular weight is 272 g/mol. The van der Waals surface area contributed by atoms with Crippen LogP contribution in [0.15, 0.2) is 46.2 Å². The maximum Gasteiger partial charge on any atom is 0.124 e. The number of nitrogens with zero attached hydrogens (tertiary/aromatic N) is 4. The number of azide groups is 1. The fraction of sp³-hybridized carbons (Fsp3) is 0.357. The van der Waals surface area contributed by atoms with Gasteiger partial charge in [-0.2, -0.15) is 0 Å². The molecule has 0 amide bonds. The van der Waals surface area contributed by atoms with Gasteiger partial charge in [0, 0.05) is 28.9 Å². The fourth-order valence-electron chi connectivity index (χ4n) is 3.06. The first-order valence-corrected chi connectivity index (χ1v) is 6.49. The molecule has 0 bridgehead atoms. The van der Waals surface area contributed by atoms with Crippen molar-refractivity contribution in [2.45, 2.75) is 30.7 Å². The van der Waals surface area contributed by atoms with Crippen molar-refractivity contribution in [3.63, 3.8) is 0 Å². The van der Waals surface area contributed by atoms with Crippen LogP contribution < -0.4 is 0 Å². The van der Waals surface area contributed by atoms with Crippen LogP contribution in [0.4, 0.5) is 4.39 Å². The Kier molecular flexibility index (Phi) is 3.39. The van der Waals surface area contributed by atoms with E-state index in [4.69, 9.17) is 10.1 Å². The van der Waals surface area contributed by atoms with Gasteiger partial charge in [0.15, 0.2) is 0 Å². The zero-order chi connectivity index (χ0) is 13.9. The molecule has 1 heterocycles. The van der Waals surface area contributed by atoms with E-state index in [1.807, 2.05) is 6.07 Å². The summed E-state index contributed by atoms with van der Waals surface area (Å²) in [6.45, 7) is 0. The van der Waals surface area contributed by atoms with Crippen LogP contribution in [-0.2, 0) is 0 Å². The van der Waals surface area contributed by atoms with Crippen LogP contribution in [0, 0.1) is 5.82 Å². The Bertz CT molecular complexity index is 619. The van der Waals surface area contributed by atoms with Crippen LogP contribution in [0.5, 0.6) is 0 Å². The highest BCUT2D eigenvalue weighted by molar-refractivity contribution is 5.29. The molecule has 5 nitrogen and oxygen atoms in total. The lowest BCUT2D eigenvalue weighted by atomic mass is 9.85. The van der Waals surface area contributed by atoms with Crippen molar-refractivity contribution in [1.82, 2.24) is 5.16 Å². The number of rotatable bonds is 3. The van der Waals surface area contributed by atoms with E-state index < -0.39 is 0 Å². The fourth-order valence-corrected chi connectivity index (χ4v) is 3.06. The number of hydrogen-bond acceptors (Lipinski definition) is 3. The summed E-state index contributed by atoms with van der Waals surface area (Å²) in [4.78, 5) is 2.93. The van der Waals surface area contributed by atoms with Gasteiger partial charge in [0.2, 0.25) is 0 Å². The van der Waals surface area contributed by atoms with E-state index >= 15 is 0 Å². The van der Waals surface area contributed by atoms with Gasteiger partial charge in [-0.25, -0.2) is 4.39 Å². The molecule has 1 aliphatic rings. The molecule has 102 valence electrons. The van der Waals surface area contributed by atoms with Gasteiger partial charge in [-0.15, -0.1) is 0 Å². The number of benzene rings is 1. The molecule has 1 aromatic heterocycles. The standard InChI is InChI=1S/C14H13FN4O/c15-10-3-1-9(2-4-10)14-11(12-7-8-20-18-12)5-6-13(14)17-19-16/h1-4,7-8,11,13-14H,5-6H2. The van der Waals surface area contributed by atoms with E-state index in [0.29, 0.717) is 0 Å². The first kappa shape index (κ1) is 12.7. The van der Waals surface area contributed by atoms with Gasteiger partial charge >= 0.3 is 0 Å². The summed E-state index contributed by atoms with van der Waals surface area (Å²) in [6.07, 6.45) is 3.21. The molecule has 6 heteroatoms. The Morgan fingerprint density at radius 3 is 2.70 bits per heavy atom. The molecular formula is C14H13FN4O. The van der Waals surface area contributed by atoms with E-state index in [1.54, 1.807) is 12.1 Å². The van der Waals surface area contributed by atoms with Crippen molar-refractivity contribution >= 4 is 0 Å². The van der Waals surface area contributed by atoms with Crippen LogP contribution in [0.3, 0.4) is 0 Å². The molecule has 0 radical (unpaired) electrons. The van der Waals surface area contributed by atoms with Gasteiger partial charge in [0.05, 0.1) is 5.69 Å². The summed E-state index contributed by atoms with van der Waals surface area (Å²) in [5.41, 5.74) is 10.5. The molecule has 3 unspecified atom stereocenters. The molecule has 1 aliphatic carbocycles. The summed E-state index contributed by atoms with van der Waals surface area (Å²) in [6, 6.07) is 8.06. The Labute approximate surface area is 115 Å². The molecule has 1 aromatic carbocycles. The van der Waals surface area contributed by atoms with Crippen molar-refractivity contribution in [2.75, 3.05) is 0 Å². The van der Waals surface area contributed by atoms with Crippen molar-refractivity contribution in [2.24, 2.45) is 5.11 Å². The second-order valence-electron chi connectivity index (χ2n) is 4.96. The lowest BCUT2D eigenvalue weighted by Gasteiger charge is -2.21. The Morgan fingerprint density at radius 2 is 2.05 bits per heavy atom. The summed E-state index contributed by atoms with van der Waals surface area (Å²) >= 11 is 0. The maximum absolute atomic E-state index is 13.1. The molecule has 1 saturated carbocycles. The molecule has 1 fully saturated rings. The van der Waals surface area contributed by atoms with Gasteiger partial charge in [-0.3, -0.25) is 0 Å². The van der Waals surface area contributed by atoms with Gasteiger partial charge < -0.3 is 4.52 Å². The molecule has 0 spiro atoms. The first-order chi connectivity index (χ1) is 9.79. The van der Waals surface area contributed by atoms with E-state index in [2.05, 4.69) is 15.2 Å². The SMILES string of the molecule is [N-]=[N+]=NC1CCC(c2ccon2)C1c1ccc(F)cc1. The van der Waals surface area contributed by atoms with Crippen molar-refractivity contribution in [3.8, 4) is 0 Å². The summed E-state index contributed by atoms with van der Waals surface area (Å²) in [5.74, 6) is -0.128. The second-order valence-corrected chi connectivity index (χ2v) is 4.96. The number of aromatic nitrogens is 1. The Hall–Kier alpha value is -2.33. The molecule has 20 heavy (non-hydrogen) atoms. The van der Waals surface area contributed by atoms with Crippen molar-refractivity contribution < 1.29 is 8.91 Å².